The van der Waals surface area contributed by atoms with Crippen molar-refractivity contribution < 1.29 is 28.6 Å². The highest BCUT2D eigenvalue weighted by atomic mass is 16.7. The van der Waals surface area contributed by atoms with Crippen molar-refractivity contribution in [2.75, 3.05) is 0 Å². The second-order valence-corrected chi connectivity index (χ2v) is 9.73. The number of hydrogen-bond acceptors (Lipinski definition) is 7. The van der Waals surface area contributed by atoms with Crippen molar-refractivity contribution in [3.8, 4) is 5.75 Å². The van der Waals surface area contributed by atoms with E-state index < -0.39 is 16.9 Å². The van der Waals surface area contributed by atoms with Crippen LogP contribution >= 0.6 is 0 Å². The van der Waals surface area contributed by atoms with E-state index in [0.29, 0.717) is 13.0 Å². The molecule has 178 valence electrons. The summed E-state index contributed by atoms with van der Waals surface area (Å²) in [6, 6.07) is 4.05. The lowest BCUT2D eigenvalue weighted by atomic mass is 9.67. The summed E-state index contributed by atoms with van der Waals surface area (Å²) >= 11 is 0. The van der Waals surface area contributed by atoms with Gasteiger partial charge in [-0.2, -0.15) is 0 Å². The molecule has 3 rings (SSSR count). The van der Waals surface area contributed by atoms with Crippen LogP contribution in [0.25, 0.3) is 0 Å². The number of benzene rings is 1. The fourth-order valence-electron chi connectivity index (χ4n) is 5.24. The number of aryl methyl sites for hydroxylation is 1. The van der Waals surface area contributed by atoms with Gasteiger partial charge in [-0.25, -0.2) is 0 Å². The van der Waals surface area contributed by atoms with Gasteiger partial charge in [-0.3, -0.25) is 9.59 Å². The van der Waals surface area contributed by atoms with Crippen molar-refractivity contribution in [2.24, 2.45) is 5.92 Å². The Balaban J connectivity index is 2.08. The standard InChI is InChI=1S/C25H37NO6/c1-9-23(7)15-25(17(4)24(8,10-2)26(23)32-19(6)28)30-14-21-12-16(3)11-20(22(21)31-25)13-29-18(5)27/h11-12,17H,9-10,13-15H2,1-8H3. The molecule has 1 fully saturated rings. The van der Waals surface area contributed by atoms with Gasteiger partial charge in [0.15, 0.2) is 0 Å². The summed E-state index contributed by atoms with van der Waals surface area (Å²) in [5.74, 6) is -0.952. The topological polar surface area (TPSA) is 74.3 Å². The number of hydroxylamine groups is 2. The molecule has 4 atom stereocenters. The molecule has 0 aliphatic carbocycles. The number of carbonyl (C=O) groups is 2. The van der Waals surface area contributed by atoms with Crippen LogP contribution in [0, 0.1) is 12.8 Å². The van der Waals surface area contributed by atoms with Gasteiger partial charge in [0.2, 0.25) is 5.79 Å². The maximum atomic E-state index is 12.0. The van der Waals surface area contributed by atoms with Crippen molar-refractivity contribution in [3.63, 3.8) is 0 Å². The Bertz CT molecular complexity index is 901. The molecule has 0 amide bonds. The van der Waals surface area contributed by atoms with Crippen LogP contribution < -0.4 is 4.74 Å². The zero-order chi connectivity index (χ0) is 23.9. The first-order valence-electron chi connectivity index (χ1n) is 11.5. The van der Waals surface area contributed by atoms with Gasteiger partial charge in [-0.05, 0) is 39.7 Å². The van der Waals surface area contributed by atoms with Gasteiger partial charge in [0.1, 0.15) is 12.4 Å². The molecule has 0 saturated carbocycles. The zero-order valence-corrected chi connectivity index (χ0v) is 20.7. The monoisotopic (exact) mass is 447 g/mol. The molecule has 0 N–H and O–H groups in total. The summed E-state index contributed by atoms with van der Waals surface area (Å²) < 4.78 is 18.6. The molecule has 0 radical (unpaired) electrons. The van der Waals surface area contributed by atoms with Crippen molar-refractivity contribution in [3.05, 3.63) is 28.8 Å². The van der Waals surface area contributed by atoms with E-state index >= 15 is 0 Å². The fraction of sp³-hybridized carbons (Fsp3) is 0.680. The van der Waals surface area contributed by atoms with Crippen LogP contribution in [0.3, 0.4) is 0 Å². The fourth-order valence-corrected chi connectivity index (χ4v) is 5.24. The van der Waals surface area contributed by atoms with Crippen molar-refractivity contribution in [2.45, 2.75) is 105 Å². The van der Waals surface area contributed by atoms with Crippen molar-refractivity contribution in [1.82, 2.24) is 5.06 Å². The molecule has 0 aromatic heterocycles. The number of rotatable bonds is 5. The predicted molar refractivity (Wildman–Crippen MR) is 120 cm³/mol. The van der Waals surface area contributed by atoms with Crippen LogP contribution in [-0.2, 0) is 37.1 Å². The first-order valence-corrected chi connectivity index (χ1v) is 11.5. The molecule has 4 unspecified atom stereocenters. The highest BCUT2D eigenvalue weighted by Gasteiger charge is 2.64. The Morgan fingerprint density at radius 3 is 2.41 bits per heavy atom. The zero-order valence-electron chi connectivity index (χ0n) is 20.7. The van der Waals surface area contributed by atoms with E-state index in [-0.39, 0.29) is 24.5 Å². The first-order chi connectivity index (χ1) is 14.9. The van der Waals surface area contributed by atoms with Crippen LogP contribution in [0.5, 0.6) is 5.75 Å². The number of carbonyl (C=O) groups excluding carboxylic acids is 2. The smallest absolute Gasteiger partial charge is 0.322 e. The molecule has 7 nitrogen and oxygen atoms in total. The van der Waals surface area contributed by atoms with E-state index in [4.69, 9.17) is 19.0 Å². The lowest BCUT2D eigenvalue weighted by molar-refractivity contribution is -0.363. The molecule has 1 aromatic carbocycles. The van der Waals surface area contributed by atoms with Gasteiger partial charge in [0.05, 0.1) is 17.7 Å². The molecule has 1 spiro atoms. The minimum Gasteiger partial charge on any atom is -0.461 e. The van der Waals surface area contributed by atoms with E-state index in [1.807, 2.05) is 18.1 Å². The Hall–Kier alpha value is -2.12. The number of piperidine rings is 1. The Labute approximate surface area is 191 Å². The Morgan fingerprint density at radius 1 is 1.16 bits per heavy atom. The third kappa shape index (κ3) is 4.13. The number of fused-ring (bicyclic) bond motifs is 1. The highest BCUT2D eigenvalue weighted by Crippen LogP contribution is 2.54. The SMILES string of the molecule is CCC1(C)CC2(OCc3cc(C)cc(COC(C)=O)c3O2)C(C)C(C)(CC)N1OC(C)=O. The van der Waals surface area contributed by atoms with Gasteiger partial charge in [-0.1, -0.05) is 32.4 Å². The van der Waals surface area contributed by atoms with Gasteiger partial charge >= 0.3 is 11.9 Å². The molecular formula is C25H37NO6. The lowest BCUT2D eigenvalue weighted by Crippen LogP contribution is -2.73. The van der Waals surface area contributed by atoms with E-state index in [9.17, 15) is 9.59 Å². The molecule has 7 heteroatoms. The summed E-state index contributed by atoms with van der Waals surface area (Å²) in [6.07, 6.45) is 2.02. The minimum atomic E-state index is -0.903. The second-order valence-electron chi connectivity index (χ2n) is 9.73. The van der Waals surface area contributed by atoms with Crippen LogP contribution in [0.4, 0.5) is 0 Å². The van der Waals surface area contributed by atoms with Gasteiger partial charge in [0.25, 0.3) is 0 Å². The maximum Gasteiger partial charge on any atom is 0.322 e. The molecule has 0 bridgehead atoms. The van der Waals surface area contributed by atoms with Crippen LogP contribution in [0.15, 0.2) is 12.1 Å². The number of nitrogens with zero attached hydrogens (tertiary/aromatic N) is 1. The van der Waals surface area contributed by atoms with Crippen molar-refractivity contribution >= 4 is 11.9 Å². The second kappa shape index (κ2) is 8.67. The third-order valence-electron chi connectivity index (χ3n) is 7.44. The molecule has 32 heavy (non-hydrogen) atoms. The summed E-state index contributed by atoms with van der Waals surface area (Å²) in [7, 11) is 0. The highest BCUT2D eigenvalue weighted by molar-refractivity contribution is 5.66. The Morgan fingerprint density at radius 2 is 1.84 bits per heavy atom. The quantitative estimate of drug-likeness (QED) is 0.599. The molecule has 2 heterocycles. The average Bonchev–Trinajstić information content (AvgIpc) is 2.74. The maximum absolute atomic E-state index is 12.0. The molecule has 1 aromatic rings. The number of ether oxygens (including phenoxy) is 3. The van der Waals surface area contributed by atoms with E-state index in [1.54, 1.807) is 0 Å². The predicted octanol–water partition coefficient (Wildman–Crippen LogP) is 4.82. The van der Waals surface area contributed by atoms with Gasteiger partial charge in [0, 0.05) is 37.3 Å². The average molecular weight is 448 g/mol. The molecule has 2 aliphatic rings. The van der Waals surface area contributed by atoms with Crippen molar-refractivity contribution in [1.29, 1.82) is 0 Å². The summed E-state index contributed by atoms with van der Waals surface area (Å²) in [5, 5.41) is 1.88. The summed E-state index contributed by atoms with van der Waals surface area (Å²) in [5.41, 5.74) is 1.85. The summed E-state index contributed by atoms with van der Waals surface area (Å²) in [4.78, 5) is 29.3. The first kappa shape index (κ1) is 24.5. The van der Waals surface area contributed by atoms with E-state index in [0.717, 1.165) is 35.3 Å². The molecule has 2 aliphatic heterocycles. The molecular weight excluding hydrogens is 410 g/mol. The van der Waals surface area contributed by atoms with E-state index in [1.165, 1.54) is 13.8 Å². The van der Waals surface area contributed by atoms with Crippen LogP contribution in [-0.4, -0.2) is 33.9 Å². The van der Waals surface area contributed by atoms with Gasteiger partial charge < -0.3 is 19.0 Å². The normalized spacial score (nSPS) is 32.2. The lowest BCUT2D eigenvalue weighted by Gasteiger charge is -2.62. The molecule has 1 saturated heterocycles. The number of hydrogen-bond donors (Lipinski definition) is 0. The third-order valence-corrected chi connectivity index (χ3v) is 7.44. The largest absolute Gasteiger partial charge is 0.461 e. The van der Waals surface area contributed by atoms with Gasteiger partial charge in [-0.15, -0.1) is 5.06 Å². The van der Waals surface area contributed by atoms with E-state index in [2.05, 4.69) is 40.7 Å². The Kier molecular flexibility index (Phi) is 6.64. The number of esters is 1. The van der Waals surface area contributed by atoms with Crippen LogP contribution in [0.1, 0.15) is 84.4 Å². The minimum absolute atomic E-state index is 0.116. The summed E-state index contributed by atoms with van der Waals surface area (Å²) in [6.45, 7) is 15.9. The van der Waals surface area contributed by atoms with Crippen LogP contribution in [0.2, 0.25) is 0 Å².